The molecule has 0 saturated heterocycles. The number of ketones is 1. The Labute approximate surface area is 153 Å². The Morgan fingerprint density at radius 2 is 1.85 bits per heavy atom. The molecule has 0 bridgehead atoms. The highest BCUT2D eigenvalue weighted by molar-refractivity contribution is 8.00. The van der Waals surface area contributed by atoms with E-state index in [1.807, 2.05) is 0 Å². The Kier molecular flexibility index (Phi) is 5.67. The molecule has 0 aliphatic heterocycles. The van der Waals surface area contributed by atoms with E-state index in [2.05, 4.69) is 0 Å². The molecular weight excluding hydrogens is 400 g/mol. The fraction of sp³-hybridized carbons (Fsp3) is 0.267. The topological polar surface area (TPSA) is 61.1 Å². The van der Waals surface area contributed by atoms with Gasteiger partial charge in [-0.2, -0.15) is 13.2 Å². The lowest BCUT2D eigenvalue weighted by Gasteiger charge is -2.15. The van der Waals surface area contributed by atoms with Gasteiger partial charge in [-0.15, -0.1) is 11.8 Å². The third kappa shape index (κ3) is 4.01. The van der Waals surface area contributed by atoms with Crippen molar-refractivity contribution in [2.75, 3.05) is 5.75 Å². The van der Waals surface area contributed by atoms with Gasteiger partial charge in [0.25, 0.3) is 5.56 Å². The average Bonchev–Trinajstić information content (AvgIpc) is 2.50. The molecule has 5 nitrogen and oxygen atoms in total. The summed E-state index contributed by atoms with van der Waals surface area (Å²) in [4.78, 5) is 35.6. The van der Waals surface area contributed by atoms with Crippen molar-refractivity contribution in [3.8, 4) is 5.69 Å². The molecule has 0 fully saturated rings. The molecule has 1 aromatic carbocycles. The van der Waals surface area contributed by atoms with Gasteiger partial charge >= 0.3 is 11.9 Å². The van der Waals surface area contributed by atoms with E-state index in [0.717, 1.165) is 30.9 Å². The Hall–Kier alpha value is -2.07. The number of carbonyl (C=O) groups excluding carboxylic acids is 1. The number of rotatable bonds is 4. The summed E-state index contributed by atoms with van der Waals surface area (Å²) in [7, 11) is 0.820. The quantitative estimate of drug-likeness (QED) is 0.574. The summed E-state index contributed by atoms with van der Waals surface area (Å²) in [5, 5.41) is -0.0608. The molecule has 0 unspecified atom stereocenters. The first-order valence-corrected chi connectivity index (χ1v) is 8.31. The second-order valence-corrected chi connectivity index (χ2v) is 6.69. The van der Waals surface area contributed by atoms with Crippen molar-refractivity contribution in [3.05, 3.63) is 55.6 Å². The minimum Gasteiger partial charge on any atom is -0.299 e. The van der Waals surface area contributed by atoms with Gasteiger partial charge in [0.1, 0.15) is 17.3 Å². The zero-order valence-electron chi connectivity index (χ0n) is 13.4. The molecule has 1 heterocycles. The normalized spacial score (nSPS) is 11.7. The summed E-state index contributed by atoms with van der Waals surface area (Å²) >= 11 is 6.82. The molecule has 0 atom stereocenters. The highest BCUT2D eigenvalue weighted by Gasteiger charge is 2.35. The van der Waals surface area contributed by atoms with Crippen LogP contribution in [0.1, 0.15) is 12.6 Å². The van der Waals surface area contributed by atoms with Crippen LogP contribution in [0.5, 0.6) is 0 Å². The first kappa shape index (κ1) is 20.2. The Morgan fingerprint density at radius 1 is 1.23 bits per heavy atom. The van der Waals surface area contributed by atoms with Crippen LogP contribution >= 0.6 is 23.4 Å². The van der Waals surface area contributed by atoms with Gasteiger partial charge in [0, 0.05) is 18.0 Å². The lowest BCUT2D eigenvalue weighted by molar-refractivity contribution is -0.144. The molecule has 1 aromatic heterocycles. The van der Waals surface area contributed by atoms with Crippen LogP contribution in [-0.2, 0) is 18.0 Å². The zero-order chi connectivity index (χ0) is 19.8. The lowest BCUT2D eigenvalue weighted by atomic mass is 10.3. The van der Waals surface area contributed by atoms with E-state index in [4.69, 9.17) is 11.6 Å². The second-order valence-electron chi connectivity index (χ2n) is 5.27. The number of hydrogen-bond acceptors (Lipinski definition) is 4. The molecule has 0 saturated carbocycles. The first-order chi connectivity index (χ1) is 11.9. The minimum atomic E-state index is -4.92. The summed E-state index contributed by atoms with van der Waals surface area (Å²) in [6, 6.07) is 2.07. The van der Waals surface area contributed by atoms with Crippen LogP contribution in [0.2, 0.25) is 5.02 Å². The van der Waals surface area contributed by atoms with E-state index >= 15 is 0 Å². The maximum Gasteiger partial charge on any atom is 0.431 e. The molecule has 0 aliphatic carbocycles. The number of hydrogen-bond donors (Lipinski definition) is 0. The molecule has 0 spiro atoms. The maximum absolute atomic E-state index is 14.3. The molecule has 140 valence electrons. The van der Waals surface area contributed by atoms with E-state index in [9.17, 15) is 31.9 Å². The SMILES string of the molecule is CC(=O)CSc1cc(-n2c(=O)cc(C(F)(F)F)n(C)c2=O)c(F)cc1Cl. The van der Waals surface area contributed by atoms with Crippen LogP contribution in [0, 0.1) is 5.82 Å². The van der Waals surface area contributed by atoms with Crippen LogP contribution < -0.4 is 11.2 Å². The van der Waals surface area contributed by atoms with Gasteiger partial charge in [-0.25, -0.2) is 13.8 Å². The molecule has 0 radical (unpaired) electrons. The third-order valence-corrected chi connectivity index (χ3v) is 4.91. The molecule has 11 heteroatoms. The van der Waals surface area contributed by atoms with Crippen LogP contribution in [-0.4, -0.2) is 20.7 Å². The van der Waals surface area contributed by atoms with E-state index in [1.165, 1.54) is 6.92 Å². The minimum absolute atomic E-state index is 0.00468. The van der Waals surface area contributed by atoms with E-state index in [0.29, 0.717) is 0 Å². The van der Waals surface area contributed by atoms with Crippen LogP contribution in [0.15, 0.2) is 32.7 Å². The van der Waals surface area contributed by atoms with Crippen molar-refractivity contribution in [2.24, 2.45) is 7.05 Å². The fourth-order valence-corrected chi connectivity index (χ4v) is 3.16. The molecule has 0 N–H and O–H groups in total. The molecular formula is C15H11ClF4N2O3S. The van der Waals surface area contributed by atoms with Crippen molar-refractivity contribution in [1.82, 2.24) is 9.13 Å². The van der Waals surface area contributed by atoms with Gasteiger partial charge < -0.3 is 0 Å². The van der Waals surface area contributed by atoms with E-state index in [1.54, 1.807) is 0 Å². The highest BCUT2D eigenvalue weighted by Crippen LogP contribution is 2.31. The Bertz CT molecular complexity index is 998. The van der Waals surface area contributed by atoms with Crippen molar-refractivity contribution in [1.29, 1.82) is 0 Å². The van der Waals surface area contributed by atoms with Crippen molar-refractivity contribution < 1.29 is 22.4 Å². The number of Topliss-reactive ketones (excluding diaryl/α,β-unsaturated/α-hetero) is 1. The second kappa shape index (κ2) is 7.28. The number of benzene rings is 1. The molecule has 0 aliphatic rings. The van der Waals surface area contributed by atoms with Crippen LogP contribution in [0.25, 0.3) is 5.69 Å². The van der Waals surface area contributed by atoms with Gasteiger partial charge in [0.2, 0.25) is 0 Å². The van der Waals surface area contributed by atoms with Gasteiger partial charge in [-0.1, -0.05) is 11.6 Å². The standard InChI is InChI=1S/C15H11ClF4N2O3S/c1-7(23)6-26-11-4-10(9(17)3-8(11)16)22-13(24)5-12(15(18,19)20)21(2)14(22)25/h3-5H,6H2,1-2H3. The lowest BCUT2D eigenvalue weighted by Crippen LogP contribution is -2.41. The third-order valence-electron chi connectivity index (χ3n) is 3.28. The van der Waals surface area contributed by atoms with Gasteiger partial charge in [-0.05, 0) is 19.1 Å². The number of thioether (sulfide) groups is 1. The zero-order valence-corrected chi connectivity index (χ0v) is 14.9. The van der Waals surface area contributed by atoms with Crippen molar-refractivity contribution in [2.45, 2.75) is 18.0 Å². The summed E-state index contributed by atoms with van der Waals surface area (Å²) in [5.41, 5.74) is -4.72. The number of nitrogens with zero attached hydrogens (tertiary/aromatic N) is 2. The predicted molar refractivity (Wildman–Crippen MR) is 88.7 cm³/mol. The van der Waals surface area contributed by atoms with Gasteiger partial charge in [-0.3, -0.25) is 14.2 Å². The number of carbonyl (C=O) groups is 1. The summed E-state index contributed by atoms with van der Waals surface area (Å²) in [6.07, 6.45) is -4.92. The molecule has 2 rings (SSSR count). The monoisotopic (exact) mass is 410 g/mol. The van der Waals surface area contributed by atoms with E-state index in [-0.39, 0.29) is 36.7 Å². The smallest absolute Gasteiger partial charge is 0.299 e. The summed E-state index contributed by atoms with van der Waals surface area (Å²) in [6.45, 7) is 1.32. The van der Waals surface area contributed by atoms with Crippen molar-refractivity contribution >= 4 is 29.1 Å². The Balaban J connectivity index is 2.71. The highest BCUT2D eigenvalue weighted by atomic mass is 35.5. The number of aromatic nitrogens is 2. The average molecular weight is 411 g/mol. The van der Waals surface area contributed by atoms with Crippen molar-refractivity contribution in [3.63, 3.8) is 0 Å². The van der Waals surface area contributed by atoms with E-state index < -0.39 is 34.6 Å². The summed E-state index contributed by atoms with van der Waals surface area (Å²) < 4.78 is 53.4. The van der Waals surface area contributed by atoms with Crippen LogP contribution in [0.4, 0.5) is 17.6 Å². The van der Waals surface area contributed by atoms with Crippen LogP contribution in [0.3, 0.4) is 0 Å². The number of halogens is 5. The first-order valence-electron chi connectivity index (χ1n) is 6.95. The molecule has 0 amide bonds. The molecule has 2 aromatic rings. The van der Waals surface area contributed by atoms with Gasteiger partial charge in [0.05, 0.1) is 16.5 Å². The number of alkyl halides is 3. The van der Waals surface area contributed by atoms with Gasteiger partial charge in [0.15, 0.2) is 0 Å². The summed E-state index contributed by atoms with van der Waals surface area (Å²) in [5.74, 6) is -1.26. The fourth-order valence-electron chi connectivity index (χ4n) is 2.10. The maximum atomic E-state index is 14.3. The molecule has 26 heavy (non-hydrogen) atoms. The predicted octanol–water partition coefficient (Wildman–Crippen LogP) is 3.03. The largest absolute Gasteiger partial charge is 0.431 e. The Morgan fingerprint density at radius 3 is 2.38 bits per heavy atom.